The number of carboxylic acids is 1. The van der Waals surface area contributed by atoms with Gasteiger partial charge in [0.05, 0.1) is 12.7 Å². The van der Waals surface area contributed by atoms with Gasteiger partial charge in [0.15, 0.2) is 0 Å². The molecule has 2 aromatic rings. The van der Waals surface area contributed by atoms with E-state index in [4.69, 9.17) is 5.11 Å². The first-order valence-electron chi connectivity index (χ1n) is 7.20. The molecule has 0 spiro atoms. The lowest BCUT2D eigenvalue weighted by atomic mass is 10.1. The third-order valence-electron chi connectivity index (χ3n) is 3.05. The highest BCUT2D eigenvalue weighted by atomic mass is 19.4. The van der Waals surface area contributed by atoms with Gasteiger partial charge in [-0.1, -0.05) is 42.5 Å². The molecule has 9 heteroatoms. The minimum atomic E-state index is -4.59. The van der Waals surface area contributed by atoms with E-state index in [1.54, 1.807) is 30.3 Å². The molecular weight excluding hydrogens is 369 g/mol. The van der Waals surface area contributed by atoms with E-state index in [-0.39, 0.29) is 0 Å². The quantitative estimate of drug-likeness (QED) is 0.496. The molecule has 0 amide bonds. The molecule has 0 radical (unpaired) electrons. The van der Waals surface area contributed by atoms with E-state index in [0.717, 1.165) is 18.2 Å². The number of hydrogen-bond donors (Lipinski definition) is 1. The number of esters is 1. The summed E-state index contributed by atoms with van der Waals surface area (Å²) in [4.78, 5) is 42.9. The summed E-state index contributed by atoms with van der Waals surface area (Å²) < 4.78 is 40.8. The van der Waals surface area contributed by atoms with Crippen molar-refractivity contribution in [1.29, 1.82) is 0 Å². The minimum absolute atomic E-state index is 0.351. The Morgan fingerprint density at radius 2 is 1.41 bits per heavy atom. The van der Waals surface area contributed by atoms with Gasteiger partial charge in [0.2, 0.25) is 0 Å². The average molecular weight is 382 g/mol. The Labute approximate surface area is 151 Å². The molecule has 0 aliphatic rings. The second-order valence-corrected chi connectivity index (χ2v) is 4.90. The van der Waals surface area contributed by atoms with Crippen LogP contribution in [0.1, 0.15) is 26.3 Å². The summed E-state index contributed by atoms with van der Waals surface area (Å²) in [6.07, 6.45) is -4.59. The van der Waals surface area contributed by atoms with Gasteiger partial charge < -0.3 is 9.84 Å². The molecule has 27 heavy (non-hydrogen) atoms. The van der Waals surface area contributed by atoms with E-state index < -0.39 is 40.8 Å². The first-order valence-corrected chi connectivity index (χ1v) is 7.20. The van der Waals surface area contributed by atoms with Crippen LogP contribution in [0, 0.1) is 0 Å². The number of methoxy groups -OCH3 is 1. The van der Waals surface area contributed by atoms with Crippen LogP contribution in [0.15, 0.2) is 54.6 Å². The number of benzene rings is 2. The van der Waals surface area contributed by atoms with Crippen molar-refractivity contribution in [2.45, 2.75) is 6.18 Å². The fraction of sp³-hybridized carbons (Fsp3) is 0.111. The van der Waals surface area contributed by atoms with Crippen molar-refractivity contribution in [2.24, 2.45) is 0 Å². The zero-order valence-corrected chi connectivity index (χ0v) is 13.8. The maximum atomic E-state index is 12.2. The van der Waals surface area contributed by atoms with Gasteiger partial charge >= 0.3 is 18.1 Å². The van der Waals surface area contributed by atoms with Crippen LogP contribution in [0.4, 0.5) is 13.2 Å². The Hall–Kier alpha value is -3.49. The molecule has 142 valence electrons. The SMILES string of the molecule is COC(=O)C(=O)c1ccccc1.O=C(O)C(=O)c1cccc(C(F)(F)F)c1. The molecule has 0 unspecified atom stereocenters. The number of Topliss-reactive ketones (excluding diaryl/α,β-unsaturated/α-hetero) is 2. The molecule has 0 aliphatic carbocycles. The van der Waals surface area contributed by atoms with Crippen molar-refractivity contribution in [3.8, 4) is 0 Å². The smallest absolute Gasteiger partial charge is 0.416 e. The summed E-state index contributed by atoms with van der Waals surface area (Å²) in [5.41, 5.74) is -1.18. The molecule has 0 heterocycles. The van der Waals surface area contributed by atoms with Gasteiger partial charge in [-0.2, -0.15) is 13.2 Å². The van der Waals surface area contributed by atoms with Crippen molar-refractivity contribution in [3.05, 3.63) is 71.3 Å². The van der Waals surface area contributed by atoms with Crippen molar-refractivity contribution in [2.75, 3.05) is 7.11 Å². The molecule has 0 fully saturated rings. The van der Waals surface area contributed by atoms with E-state index in [9.17, 15) is 32.3 Å². The highest BCUT2D eigenvalue weighted by Gasteiger charge is 2.31. The third kappa shape index (κ3) is 6.38. The molecule has 2 aromatic carbocycles. The van der Waals surface area contributed by atoms with E-state index in [1.807, 2.05) is 0 Å². The molecule has 0 bridgehead atoms. The molecule has 0 atom stereocenters. The first-order chi connectivity index (χ1) is 12.6. The van der Waals surface area contributed by atoms with Gasteiger partial charge in [0, 0.05) is 11.1 Å². The largest absolute Gasteiger partial charge is 0.475 e. The predicted octanol–water partition coefficient (Wildman–Crippen LogP) is 3.02. The van der Waals surface area contributed by atoms with Crippen molar-refractivity contribution in [1.82, 2.24) is 0 Å². The Kier molecular flexibility index (Phi) is 7.40. The van der Waals surface area contributed by atoms with Crippen molar-refractivity contribution >= 4 is 23.5 Å². The van der Waals surface area contributed by atoms with Crippen LogP contribution in [-0.4, -0.2) is 35.7 Å². The number of carboxylic acid groups (broad SMARTS) is 1. The summed E-state index contributed by atoms with van der Waals surface area (Å²) in [5.74, 6) is -4.59. The number of ketones is 2. The zero-order chi connectivity index (χ0) is 20.6. The highest BCUT2D eigenvalue weighted by molar-refractivity contribution is 6.40. The van der Waals surface area contributed by atoms with Gasteiger partial charge in [0.25, 0.3) is 11.6 Å². The summed E-state index contributed by atoms with van der Waals surface area (Å²) >= 11 is 0. The molecule has 0 saturated carbocycles. The molecule has 6 nitrogen and oxygen atoms in total. The Bertz CT molecular complexity index is 844. The lowest BCUT2D eigenvalue weighted by molar-refractivity contribution is -0.138. The monoisotopic (exact) mass is 382 g/mol. The number of hydrogen-bond acceptors (Lipinski definition) is 5. The van der Waals surface area contributed by atoms with Crippen LogP contribution >= 0.6 is 0 Å². The topological polar surface area (TPSA) is 97.7 Å². The van der Waals surface area contributed by atoms with Gasteiger partial charge in [-0.05, 0) is 12.1 Å². The molecule has 0 aromatic heterocycles. The van der Waals surface area contributed by atoms with E-state index in [2.05, 4.69) is 4.74 Å². The van der Waals surface area contributed by atoms with E-state index in [1.165, 1.54) is 7.11 Å². The molecule has 2 rings (SSSR count). The molecule has 1 N–H and O–H groups in total. The standard InChI is InChI=1S/C9H5F3O3.C9H8O3/c10-9(11,12)6-3-1-2-5(4-6)7(13)8(14)15;1-12-9(11)8(10)7-5-3-2-4-6-7/h1-4H,(H,14,15);2-6H,1H3. The second-order valence-electron chi connectivity index (χ2n) is 4.90. The van der Waals surface area contributed by atoms with Crippen LogP contribution in [0.5, 0.6) is 0 Å². The van der Waals surface area contributed by atoms with Crippen LogP contribution < -0.4 is 0 Å². The molecule has 0 saturated heterocycles. The van der Waals surface area contributed by atoms with Crippen LogP contribution in [0.3, 0.4) is 0 Å². The predicted molar refractivity (Wildman–Crippen MR) is 86.2 cm³/mol. The summed E-state index contributed by atoms with van der Waals surface area (Å²) in [6, 6.07) is 11.6. The van der Waals surface area contributed by atoms with Crippen LogP contribution in [0.2, 0.25) is 0 Å². The maximum absolute atomic E-state index is 12.2. The summed E-state index contributed by atoms with van der Waals surface area (Å²) in [5, 5.41) is 8.30. The Morgan fingerprint density at radius 1 is 0.852 bits per heavy atom. The Morgan fingerprint density at radius 3 is 1.89 bits per heavy atom. The highest BCUT2D eigenvalue weighted by Crippen LogP contribution is 2.29. The normalized spacial score (nSPS) is 10.2. The number of carbonyl (C=O) groups is 4. The Balaban J connectivity index is 0.000000277. The van der Waals surface area contributed by atoms with Crippen LogP contribution in [0.25, 0.3) is 0 Å². The number of halogens is 3. The lowest BCUT2D eigenvalue weighted by Gasteiger charge is -2.06. The number of rotatable bonds is 4. The van der Waals surface area contributed by atoms with Gasteiger partial charge in [-0.3, -0.25) is 9.59 Å². The van der Waals surface area contributed by atoms with Gasteiger partial charge in [-0.25, -0.2) is 9.59 Å². The van der Waals surface area contributed by atoms with E-state index in [0.29, 0.717) is 11.6 Å². The number of aliphatic carboxylic acids is 1. The van der Waals surface area contributed by atoms with Crippen LogP contribution in [-0.2, 0) is 20.5 Å². The number of alkyl halides is 3. The summed E-state index contributed by atoms with van der Waals surface area (Å²) in [6.45, 7) is 0. The fourth-order valence-electron chi connectivity index (χ4n) is 1.76. The van der Waals surface area contributed by atoms with Gasteiger partial charge in [0.1, 0.15) is 0 Å². The third-order valence-corrected chi connectivity index (χ3v) is 3.05. The van der Waals surface area contributed by atoms with Crippen molar-refractivity contribution < 1.29 is 42.2 Å². The van der Waals surface area contributed by atoms with Crippen molar-refractivity contribution in [3.63, 3.8) is 0 Å². The summed E-state index contributed by atoms with van der Waals surface area (Å²) in [7, 11) is 1.18. The number of carbonyl (C=O) groups excluding carboxylic acids is 3. The number of ether oxygens (including phenoxy) is 1. The maximum Gasteiger partial charge on any atom is 0.416 e. The molecular formula is C18H13F3O6. The van der Waals surface area contributed by atoms with E-state index >= 15 is 0 Å². The van der Waals surface area contributed by atoms with Gasteiger partial charge in [-0.15, -0.1) is 0 Å². The average Bonchev–Trinajstić information content (AvgIpc) is 2.66. The minimum Gasteiger partial charge on any atom is -0.475 e. The zero-order valence-electron chi connectivity index (χ0n) is 13.8. The lowest BCUT2D eigenvalue weighted by Crippen LogP contribution is -2.15. The second kappa shape index (κ2) is 9.27. The molecule has 0 aliphatic heterocycles. The fourth-order valence-corrected chi connectivity index (χ4v) is 1.76. The first kappa shape index (κ1) is 21.6.